The number of ether oxygens (including phenoxy) is 5. The number of nitrogens with zero attached hydrogens (tertiary/aromatic N) is 1. The maximum atomic E-state index is 12.2. The average molecular weight is 504 g/mol. The first kappa shape index (κ1) is 26.7. The first-order valence-electron chi connectivity index (χ1n) is 11.2. The number of para-hydroxylation sites is 1. The third-order valence-electron chi connectivity index (χ3n) is 5.33. The number of rotatable bonds is 7. The van der Waals surface area contributed by atoms with Gasteiger partial charge in [-0.25, -0.2) is 0 Å². The first-order valence-corrected chi connectivity index (χ1v) is 11.2. The minimum Gasteiger partial charge on any atom is -0.463 e. The van der Waals surface area contributed by atoms with Gasteiger partial charge in [0.1, 0.15) is 24.5 Å². The third-order valence-corrected chi connectivity index (χ3v) is 5.33. The lowest BCUT2D eigenvalue weighted by Gasteiger charge is -2.44. The summed E-state index contributed by atoms with van der Waals surface area (Å²) in [6, 6.07) is 5.86. The molecule has 12 heteroatoms. The Morgan fingerprint density at radius 3 is 2.14 bits per heavy atom. The molecule has 1 amide bonds. The van der Waals surface area contributed by atoms with E-state index in [1.54, 1.807) is 24.3 Å². The summed E-state index contributed by atoms with van der Waals surface area (Å²) in [6.07, 6.45) is -3.42. The van der Waals surface area contributed by atoms with Crippen LogP contribution in [0.4, 0.5) is 0 Å². The Balaban J connectivity index is 2.07. The molecule has 0 aliphatic carbocycles. The Morgan fingerprint density at radius 2 is 1.56 bits per heavy atom. The van der Waals surface area contributed by atoms with E-state index in [0.29, 0.717) is 10.9 Å². The topological polar surface area (TPSA) is 148 Å². The molecule has 0 radical (unpaired) electrons. The minimum absolute atomic E-state index is 0.250. The van der Waals surface area contributed by atoms with Crippen molar-refractivity contribution in [3.8, 4) is 5.75 Å². The molecule has 194 valence electrons. The Morgan fingerprint density at radius 1 is 0.917 bits per heavy atom. The van der Waals surface area contributed by atoms with Crippen molar-refractivity contribution in [2.24, 2.45) is 0 Å². The number of aromatic nitrogens is 1. The molecule has 1 fully saturated rings. The molecular weight excluding hydrogens is 476 g/mol. The summed E-state index contributed by atoms with van der Waals surface area (Å²) in [5.74, 6) is -2.55. The van der Waals surface area contributed by atoms with E-state index in [1.807, 2.05) is 0 Å². The molecule has 36 heavy (non-hydrogen) atoms. The molecule has 4 unspecified atom stereocenters. The van der Waals surface area contributed by atoms with E-state index in [4.69, 9.17) is 23.7 Å². The van der Waals surface area contributed by atoms with Crippen molar-refractivity contribution in [1.29, 1.82) is 0 Å². The smallest absolute Gasteiger partial charge is 0.303 e. The van der Waals surface area contributed by atoms with Gasteiger partial charge in [0.15, 0.2) is 12.2 Å². The number of hydrogen-bond donors (Lipinski definition) is 1. The lowest BCUT2D eigenvalue weighted by atomic mass is 9.96. The fraction of sp³-hybridized carbons (Fsp3) is 0.458. The zero-order chi connectivity index (χ0) is 26.6. The molecule has 0 bridgehead atoms. The fourth-order valence-corrected chi connectivity index (χ4v) is 4.02. The van der Waals surface area contributed by atoms with Gasteiger partial charge in [-0.05, 0) is 12.1 Å². The van der Waals surface area contributed by atoms with Crippen LogP contribution in [-0.4, -0.2) is 71.5 Å². The lowest BCUT2D eigenvalue weighted by molar-refractivity contribution is -0.256. The molecule has 1 aromatic carbocycles. The van der Waals surface area contributed by atoms with Crippen LogP contribution in [0, 0.1) is 0 Å². The number of fused-ring (bicyclic) bond motifs is 1. The molecule has 0 spiro atoms. The van der Waals surface area contributed by atoms with E-state index >= 15 is 0 Å². The number of amides is 1. The monoisotopic (exact) mass is 504 g/mol. The molecule has 2 heterocycles. The zero-order valence-corrected chi connectivity index (χ0v) is 20.5. The predicted octanol–water partition coefficient (Wildman–Crippen LogP) is 1.34. The maximum absolute atomic E-state index is 12.2. The van der Waals surface area contributed by atoms with Crippen LogP contribution in [0.1, 0.15) is 39.4 Å². The summed E-state index contributed by atoms with van der Waals surface area (Å²) >= 11 is 0. The quantitative estimate of drug-likeness (QED) is 0.432. The van der Waals surface area contributed by atoms with E-state index < -0.39 is 54.5 Å². The van der Waals surface area contributed by atoms with Gasteiger partial charge in [0, 0.05) is 40.0 Å². The molecule has 1 saturated heterocycles. The number of benzene rings is 1. The zero-order valence-electron chi connectivity index (χ0n) is 20.5. The molecule has 1 aliphatic heterocycles. The Labute approximate surface area is 206 Å². The van der Waals surface area contributed by atoms with Gasteiger partial charge >= 0.3 is 17.9 Å². The second-order valence-electron chi connectivity index (χ2n) is 8.24. The van der Waals surface area contributed by atoms with Crippen LogP contribution in [0.15, 0.2) is 30.5 Å². The van der Waals surface area contributed by atoms with Gasteiger partial charge in [-0.2, -0.15) is 0 Å². The van der Waals surface area contributed by atoms with Crippen LogP contribution < -0.4 is 10.1 Å². The van der Waals surface area contributed by atoms with Crippen molar-refractivity contribution in [1.82, 2.24) is 9.88 Å². The number of esters is 3. The largest absolute Gasteiger partial charge is 0.463 e. The van der Waals surface area contributed by atoms with Gasteiger partial charge < -0.3 is 29.0 Å². The third kappa shape index (κ3) is 6.19. The lowest BCUT2D eigenvalue weighted by Crippen LogP contribution is -2.67. The molecule has 1 aromatic heterocycles. The molecule has 1 aliphatic rings. The first-order chi connectivity index (χ1) is 17.0. The number of carbonyl (C=O) groups is 5. The average Bonchev–Trinajstić information content (AvgIpc) is 3.14. The minimum atomic E-state index is -1.29. The summed E-state index contributed by atoms with van der Waals surface area (Å²) in [5.41, 5.74) is 0.581. The highest BCUT2D eigenvalue weighted by atomic mass is 16.7. The van der Waals surface area contributed by atoms with Crippen LogP contribution in [0.2, 0.25) is 0 Å². The Kier molecular flexibility index (Phi) is 8.30. The van der Waals surface area contributed by atoms with Gasteiger partial charge in [-0.3, -0.25) is 28.5 Å². The van der Waals surface area contributed by atoms with Crippen LogP contribution in [0.5, 0.6) is 5.75 Å². The molecule has 2 aromatic rings. The van der Waals surface area contributed by atoms with Gasteiger partial charge in [0.05, 0.1) is 11.7 Å². The summed E-state index contributed by atoms with van der Waals surface area (Å²) in [6.45, 7) is 5.78. The molecule has 12 nitrogen and oxygen atoms in total. The highest BCUT2D eigenvalue weighted by Crippen LogP contribution is 2.33. The van der Waals surface area contributed by atoms with Crippen LogP contribution in [0.25, 0.3) is 10.9 Å². The standard InChI is InChI=1S/C24H28N2O10/c1-12(27)25-21-23(34-16(5)31)22(33-15(4)30)20(11-32-14(3)29)36-24(21)35-19-10-26(13(2)28)18-9-7-6-8-17(18)19/h6-10,20-24H,11H2,1-5H3,(H,25,27)/t20?,21?,22-,23?,24?/m1/s1. The molecular formula is C24H28N2O10. The molecule has 0 saturated carbocycles. The highest BCUT2D eigenvalue weighted by Gasteiger charge is 2.52. The van der Waals surface area contributed by atoms with E-state index in [0.717, 1.165) is 13.8 Å². The molecule has 1 N–H and O–H groups in total. The van der Waals surface area contributed by atoms with Crippen LogP contribution in [0.3, 0.4) is 0 Å². The van der Waals surface area contributed by atoms with Gasteiger partial charge in [-0.1, -0.05) is 12.1 Å². The normalized spacial score (nSPS) is 23.4. The highest BCUT2D eigenvalue weighted by molar-refractivity contribution is 5.95. The van der Waals surface area contributed by atoms with E-state index in [9.17, 15) is 24.0 Å². The second-order valence-corrected chi connectivity index (χ2v) is 8.24. The van der Waals surface area contributed by atoms with E-state index in [2.05, 4.69) is 5.32 Å². The van der Waals surface area contributed by atoms with Crippen molar-refractivity contribution < 1.29 is 47.7 Å². The Bertz CT molecular complexity index is 1170. The summed E-state index contributed by atoms with van der Waals surface area (Å²) in [7, 11) is 0. The predicted molar refractivity (Wildman–Crippen MR) is 123 cm³/mol. The SMILES string of the molecule is CC(=O)NC1C(Oc2cn(C(C)=O)c3ccccc23)OC(COC(C)=O)[C@@H](OC(C)=O)C1OC(C)=O. The second kappa shape index (κ2) is 11.2. The van der Waals surface area contributed by atoms with E-state index in [-0.39, 0.29) is 18.3 Å². The van der Waals surface area contributed by atoms with Crippen LogP contribution in [-0.2, 0) is 38.1 Å². The number of carbonyl (C=O) groups excluding carboxylic acids is 5. The number of hydrogen-bond acceptors (Lipinski definition) is 10. The van der Waals surface area contributed by atoms with Crippen molar-refractivity contribution in [2.75, 3.05) is 6.61 Å². The summed E-state index contributed by atoms with van der Waals surface area (Å²) in [5, 5.41) is 3.22. The van der Waals surface area contributed by atoms with E-state index in [1.165, 1.54) is 31.5 Å². The summed E-state index contributed by atoms with van der Waals surface area (Å²) < 4.78 is 29.5. The van der Waals surface area contributed by atoms with Crippen molar-refractivity contribution in [3.05, 3.63) is 30.5 Å². The molecule has 3 rings (SSSR count). The van der Waals surface area contributed by atoms with Gasteiger partial charge in [0.25, 0.3) is 0 Å². The molecule has 5 atom stereocenters. The van der Waals surface area contributed by atoms with Gasteiger partial charge in [0.2, 0.25) is 18.1 Å². The van der Waals surface area contributed by atoms with Crippen LogP contribution >= 0.6 is 0 Å². The number of nitrogens with one attached hydrogen (secondary N) is 1. The van der Waals surface area contributed by atoms with Gasteiger partial charge in [-0.15, -0.1) is 0 Å². The summed E-state index contributed by atoms with van der Waals surface area (Å²) in [4.78, 5) is 59.6. The van der Waals surface area contributed by atoms with Crippen molar-refractivity contribution in [3.63, 3.8) is 0 Å². The Hall–Kier alpha value is -3.93. The maximum Gasteiger partial charge on any atom is 0.303 e. The fourth-order valence-electron chi connectivity index (χ4n) is 4.02. The van der Waals surface area contributed by atoms with Crippen molar-refractivity contribution >= 4 is 40.6 Å². The van der Waals surface area contributed by atoms with Crippen molar-refractivity contribution in [2.45, 2.75) is 65.3 Å².